The average molecular weight is 378 g/mol. The molecule has 1 rings (SSSR count). The number of aliphatic carboxylic acids is 1. The molecule has 1 aromatic rings. The highest BCUT2D eigenvalue weighted by atomic mass is 127. The summed E-state index contributed by atoms with van der Waals surface area (Å²) in [5.41, 5.74) is 0. The van der Waals surface area contributed by atoms with Gasteiger partial charge in [-0.3, -0.25) is 4.79 Å². The van der Waals surface area contributed by atoms with E-state index in [9.17, 15) is 9.59 Å². The van der Waals surface area contributed by atoms with Crippen LogP contribution >= 0.6 is 22.6 Å². The van der Waals surface area contributed by atoms with Crippen molar-refractivity contribution >= 4 is 34.6 Å². The van der Waals surface area contributed by atoms with Crippen LogP contribution in [0.5, 0.6) is 5.75 Å². The van der Waals surface area contributed by atoms with Crippen LogP contribution in [0.15, 0.2) is 24.3 Å². The molecule has 0 aromatic heterocycles. The minimum Gasteiger partial charge on any atom is -0.492 e. The Morgan fingerprint density at radius 1 is 1.16 bits per heavy atom. The van der Waals surface area contributed by atoms with Crippen molar-refractivity contribution in [1.29, 1.82) is 0 Å². The van der Waals surface area contributed by atoms with Crippen molar-refractivity contribution in [2.45, 2.75) is 6.42 Å². The first-order valence-electron chi connectivity index (χ1n) is 5.70. The lowest BCUT2D eigenvalue weighted by atomic mass is 10.3. The van der Waals surface area contributed by atoms with Crippen molar-refractivity contribution in [2.24, 2.45) is 0 Å². The van der Waals surface area contributed by atoms with Crippen molar-refractivity contribution in [3.05, 3.63) is 27.8 Å². The van der Waals surface area contributed by atoms with E-state index in [1.54, 1.807) is 0 Å². The SMILES string of the molecule is O=C(O)CCNC(=O)NCCOc1ccc(I)cc1. The van der Waals surface area contributed by atoms with Crippen molar-refractivity contribution in [3.8, 4) is 5.75 Å². The number of ether oxygens (including phenoxy) is 1. The number of halogens is 1. The number of nitrogens with one attached hydrogen (secondary N) is 2. The lowest BCUT2D eigenvalue weighted by molar-refractivity contribution is -0.136. The quantitative estimate of drug-likeness (QED) is 0.495. The van der Waals surface area contributed by atoms with Gasteiger partial charge in [-0.05, 0) is 46.9 Å². The second kappa shape index (κ2) is 8.57. The standard InChI is InChI=1S/C12H15IN2O4/c13-9-1-3-10(4-2-9)19-8-7-15-12(18)14-6-5-11(16)17/h1-4H,5-8H2,(H,16,17)(H2,14,15,18). The smallest absolute Gasteiger partial charge is 0.314 e. The molecule has 0 aliphatic rings. The predicted octanol–water partition coefficient (Wildman–Crippen LogP) is 1.44. The van der Waals surface area contributed by atoms with Gasteiger partial charge in [0, 0.05) is 10.1 Å². The Kier molecular flexibility index (Phi) is 7.01. The Morgan fingerprint density at radius 2 is 1.79 bits per heavy atom. The van der Waals surface area contributed by atoms with Crippen molar-refractivity contribution < 1.29 is 19.4 Å². The molecule has 7 heteroatoms. The molecule has 0 saturated carbocycles. The maximum Gasteiger partial charge on any atom is 0.314 e. The molecule has 6 nitrogen and oxygen atoms in total. The molecule has 1 aromatic carbocycles. The van der Waals surface area contributed by atoms with Crippen LogP contribution in [0.4, 0.5) is 4.79 Å². The van der Waals surface area contributed by atoms with Crippen LogP contribution in [0.2, 0.25) is 0 Å². The molecule has 0 heterocycles. The summed E-state index contributed by atoms with van der Waals surface area (Å²) < 4.78 is 6.54. The van der Waals surface area contributed by atoms with Crippen LogP contribution < -0.4 is 15.4 Å². The van der Waals surface area contributed by atoms with E-state index in [2.05, 4.69) is 33.2 Å². The number of amides is 2. The first-order valence-corrected chi connectivity index (χ1v) is 6.77. The zero-order valence-electron chi connectivity index (χ0n) is 10.2. The van der Waals surface area contributed by atoms with Gasteiger partial charge in [-0.2, -0.15) is 0 Å². The molecular weight excluding hydrogens is 363 g/mol. The number of carbonyl (C=O) groups excluding carboxylic acids is 1. The third-order valence-electron chi connectivity index (χ3n) is 2.09. The van der Waals surface area contributed by atoms with E-state index in [1.165, 1.54) is 0 Å². The van der Waals surface area contributed by atoms with Crippen LogP contribution in [-0.4, -0.2) is 36.8 Å². The van der Waals surface area contributed by atoms with Gasteiger partial charge in [0.1, 0.15) is 12.4 Å². The molecule has 2 amide bonds. The van der Waals surface area contributed by atoms with Gasteiger partial charge in [-0.1, -0.05) is 0 Å². The van der Waals surface area contributed by atoms with Gasteiger partial charge >= 0.3 is 12.0 Å². The molecule has 0 spiro atoms. The van der Waals surface area contributed by atoms with Gasteiger partial charge in [0.15, 0.2) is 0 Å². The van der Waals surface area contributed by atoms with Crippen molar-refractivity contribution in [1.82, 2.24) is 10.6 Å². The number of carboxylic acid groups (broad SMARTS) is 1. The number of rotatable bonds is 7. The summed E-state index contributed by atoms with van der Waals surface area (Å²) in [6.07, 6.45) is -0.0907. The van der Waals surface area contributed by atoms with Crippen LogP contribution in [0.1, 0.15) is 6.42 Å². The van der Waals surface area contributed by atoms with Gasteiger partial charge in [0.2, 0.25) is 0 Å². The lowest BCUT2D eigenvalue weighted by Crippen LogP contribution is -2.38. The Labute approximate surface area is 124 Å². The largest absolute Gasteiger partial charge is 0.492 e. The molecule has 0 unspecified atom stereocenters. The highest BCUT2D eigenvalue weighted by molar-refractivity contribution is 14.1. The fraction of sp³-hybridized carbons (Fsp3) is 0.333. The fourth-order valence-corrected chi connectivity index (χ4v) is 1.57. The van der Waals surface area contributed by atoms with Gasteiger partial charge in [-0.15, -0.1) is 0 Å². The van der Waals surface area contributed by atoms with Crippen LogP contribution in [0.25, 0.3) is 0 Å². The lowest BCUT2D eigenvalue weighted by Gasteiger charge is -2.08. The predicted molar refractivity (Wildman–Crippen MR) is 78.3 cm³/mol. The molecule has 0 aliphatic carbocycles. The number of hydrogen-bond donors (Lipinski definition) is 3. The Bertz CT molecular complexity index is 422. The van der Waals surface area contributed by atoms with E-state index in [-0.39, 0.29) is 13.0 Å². The highest BCUT2D eigenvalue weighted by Crippen LogP contribution is 2.12. The Hall–Kier alpha value is -1.51. The van der Waals surface area contributed by atoms with Gasteiger partial charge in [0.05, 0.1) is 13.0 Å². The summed E-state index contributed by atoms with van der Waals surface area (Å²) in [5, 5.41) is 13.4. The first-order chi connectivity index (χ1) is 9.08. The molecule has 0 fully saturated rings. The average Bonchev–Trinajstić information content (AvgIpc) is 2.36. The highest BCUT2D eigenvalue weighted by Gasteiger charge is 2.01. The Morgan fingerprint density at radius 3 is 2.42 bits per heavy atom. The maximum absolute atomic E-state index is 11.2. The summed E-state index contributed by atoms with van der Waals surface area (Å²) in [7, 11) is 0. The molecule has 0 saturated heterocycles. The van der Waals surface area contributed by atoms with Gasteiger partial charge in [0.25, 0.3) is 0 Å². The van der Waals surface area contributed by atoms with Gasteiger partial charge < -0.3 is 20.5 Å². The summed E-state index contributed by atoms with van der Waals surface area (Å²) in [6.45, 7) is 0.816. The number of hydrogen-bond acceptors (Lipinski definition) is 3. The normalized spacial score (nSPS) is 9.74. The third kappa shape index (κ3) is 7.50. The first kappa shape index (κ1) is 15.5. The topological polar surface area (TPSA) is 87.7 Å². The van der Waals surface area contributed by atoms with Crippen molar-refractivity contribution in [3.63, 3.8) is 0 Å². The third-order valence-corrected chi connectivity index (χ3v) is 2.81. The molecule has 104 valence electrons. The number of carboxylic acids is 1. The molecular formula is C12H15IN2O4. The molecule has 0 radical (unpaired) electrons. The second-order valence-corrected chi connectivity index (χ2v) is 4.87. The zero-order chi connectivity index (χ0) is 14.1. The minimum atomic E-state index is -0.942. The van der Waals surface area contributed by atoms with Gasteiger partial charge in [-0.25, -0.2) is 4.79 Å². The van der Waals surface area contributed by atoms with Crippen LogP contribution in [-0.2, 0) is 4.79 Å². The maximum atomic E-state index is 11.2. The van der Waals surface area contributed by atoms with E-state index in [0.717, 1.165) is 9.32 Å². The molecule has 0 aliphatic heterocycles. The van der Waals surface area contributed by atoms with E-state index in [0.29, 0.717) is 13.2 Å². The van der Waals surface area contributed by atoms with E-state index in [4.69, 9.17) is 9.84 Å². The van der Waals surface area contributed by atoms with Crippen LogP contribution in [0, 0.1) is 3.57 Å². The summed E-state index contributed by atoms with van der Waals surface area (Å²) in [4.78, 5) is 21.4. The van der Waals surface area contributed by atoms with E-state index < -0.39 is 12.0 Å². The summed E-state index contributed by atoms with van der Waals surface area (Å²) in [6, 6.07) is 7.18. The van der Waals surface area contributed by atoms with Crippen molar-refractivity contribution in [2.75, 3.05) is 19.7 Å². The molecule has 19 heavy (non-hydrogen) atoms. The molecule has 0 bridgehead atoms. The Balaban J connectivity index is 2.08. The number of carbonyl (C=O) groups is 2. The van der Waals surface area contributed by atoms with Crippen LogP contribution in [0.3, 0.4) is 0 Å². The zero-order valence-corrected chi connectivity index (χ0v) is 12.3. The minimum absolute atomic E-state index is 0.0907. The summed E-state index contributed by atoms with van der Waals surface area (Å²) >= 11 is 2.20. The summed E-state index contributed by atoms with van der Waals surface area (Å²) in [5.74, 6) is -0.198. The van der Waals surface area contributed by atoms with E-state index in [1.807, 2.05) is 24.3 Å². The monoisotopic (exact) mass is 378 g/mol. The second-order valence-electron chi connectivity index (χ2n) is 3.63. The molecule has 3 N–H and O–H groups in total. The fourth-order valence-electron chi connectivity index (χ4n) is 1.21. The van der Waals surface area contributed by atoms with E-state index >= 15 is 0 Å². The number of urea groups is 1. The number of benzene rings is 1. The molecule has 0 atom stereocenters.